The fourth-order valence-electron chi connectivity index (χ4n) is 0.970. The normalized spacial score (nSPS) is 10.5. The van der Waals surface area contributed by atoms with Gasteiger partial charge in [-0.2, -0.15) is 4.37 Å². The second kappa shape index (κ2) is 5.30. The molecular formula is C9H6BrClN2S2. The van der Waals surface area contributed by atoms with Crippen molar-refractivity contribution in [3.05, 3.63) is 39.0 Å². The van der Waals surface area contributed by atoms with Crippen LogP contribution in [0.1, 0.15) is 5.82 Å². The lowest BCUT2D eigenvalue weighted by molar-refractivity contribution is 1.14. The molecule has 0 atom stereocenters. The fourth-order valence-corrected chi connectivity index (χ4v) is 2.70. The Morgan fingerprint density at radius 2 is 2.07 bits per heavy atom. The highest BCUT2D eigenvalue weighted by Gasteiger charge is 2.02. The summed E-state index contributed by atoms with van der Waals surface area (Å²) in [5.74, 6) is 1.54. The van der Waals surface area contributed by atoms with Crippen LogP contribution in [-0.2, 0) is 5.75 Å². The number of halogens is 2. The van der Waals surface area contributed by atoms with E-state index in [1.807, 2.05) is 12.1 Å². The standard InChI is InChI=1S/C9H6BrClN2S2/c10-6-1-3-7(4-2-6)14-5-8-12-9(11)15-13-8/h1-4H,5H2. The van der Waals surface area contributed by atoms with Crippen LogP contribution in [0.4, 0.5) is 0 Å². The van der Waals surface area contributed by atoms with Gasteiger partial charge < -0.3 is 0 Å². The summed E-state index contributed by atoms with van der Waals surface area (Å²) in [5.41, 5.74) is 0. The molecule has 0 aliphatic carbocycles. The van der Waals surface area contributed by atoms with E-state index in [0.29, 0.717) is 4.47 Å². The van der Waals surface area contributed by atoms with Gasteiger partial charge in [0, 0.05) is 9.37 Å². The lowest BCUT2D eigenvalue weighted by Gasteiger charge is -1.98. The lowest BCUT2D eigenvalue weighted by atomic mass is 10.4. The van der Waals surface area contributed by atoms with Crippen molar-refractivity contribution < 1.29 is 0 Å². The largest absolute Gasteiger partial charge is 0.207 e. The van der Waals surface area contributed by atoms with E-state index >= 15 is 0 Å². The molecule has 15 heavy (non-hydrogen) atoms. The molecule has 78 valence electrons. The van der Waals surface area contributed by atoms with Crippen LogP contribution in [0.15, 0.2) is 33.6 Å². The zero-order valence-corrected chi connectivity index (χ0v) is 11.5. The minimum atomic E-state index is 0.501. The van der Waals surface area contributed by atoms with Gasteiger partial charge in [-0.15, -0.1) is 11.8 Å². The average Bonchev–Trinajstić information content (AvgIpc) is 2.64. The van der Waals surface area contributed by atoms with Crippen LogP contribution >= 0.6 is 50.8 Å². The quantitative estimate of drug-likeness (QED) is 0.791. The molecule has 2 nitrogen and oxygen atoms in total. The number of benzene rings is 1. The minimum absolute atomic E-state index is 0.501. The number of hydrogen-bond donors (Lipinski definition) is 0. The highest BCUT2D eigenvalue weighted by molar-refractivity contribution is 9.10. The molecule has 0 amide bonds. The Hall–Kier alpha value is -0.100. The van der Waals surface area contributed by atoms with Gasteiger partial charge in [0.25, 0.3) is 0 Å². The topological polar surface area (TPSA) is 25.8 Å². The number of hydrogen-bond acceptors (Lipinski definition) is 4. The Labute approximate surface area is 109 Å². The van der Waals surface area contributed by atoms with Gasteiger partial charge in [0.15, 0.2) is 5.82 Å². The van der Waals surface area contributed by atoms with Crippen LogP contribution in [0.3, 0.4) is 0 Å². The van der Waals surface area contributed by atoms with Gasteiger partial charge in [-0.3, -0.25) is 0 Å². The molecule has 0 spiro atoms. The van der Waals surface area contributed by atoms with Crippen LogP contribution in [-0.4, -0.2) is 9.36 Å². The third-order valence-corrected chi connectivity index (χ3v) is 4.00. The van der Waals surface area contributed by atoms with Crippen molar-refractivity contribution in [1.82, 2.24) is 9.36 Å². The summed E-state index contributed by atoms with van der Waals surface area (Å²) < 4.78 is 5.70. The van der Waals surface area contributed by atoms with Gasteiger partial charge in [-0.1, -0.05) is 15.9 Å². The van der Waals surface area contributed by atoms with Crippen molar-refractivity contribution in [2.45, 2.75) is 10.6 Å². The fraction of sp³-hybridized carbons (Fsp3) is 0.111. The molecule has 0 bridgehead atoms. The third-order valence-electron chi connectivity index (χ3n) is 1.62. The molecule has 0 aliphatic heterocycles. The van der Waals surface area contributed by atoms with Crippen LogP contribution in [0.2, 0.25) is 4.47 Å². The predicted octanol–water partition coefficient (Wildman–Crippen LogP) is 4.25. The molecule has 2 rings (SSSR count). The van der Waals surface area contributed by atoms with E-state index in [2.05, 4.69) is 37.4 Å². The molecule has 2 aromatic rings. The van der Waals surface area contributed by atoms with E-state index in [1.165, 1.54) is 16.4 Å². The summed E-state index contributed by atoms with van der Waals surface area (Å²) in [6.45, 7) is 0. The number of nitrogens with zero attached hydrogens (tertiary/aromatic N) is 2. The first kappa shape index (κ1) is 11.4. The first-order valence-corrected chi connectivity index (χ1v) is 7.03. The van der Waals surface area contributed by atoms with Gasteiger partial charge >= 0.3 is 0 Å². The van der Waals surface area contributed by atoms with E-state index < -0.39 is 0 Å². The number of thioether (sulfide) groups is 1. The maximum atomic E-state index is 5.69. The summed E-state index contributed by atoms with van der Waals surface area (Å²) in [6.07, 6.45) is 0. The summed E-state index contributed by atoms with van der Waals surface area (Å²) in [7, 11) is 0. The van der Waals surface area contributed by atoms with E-state index in [0.717, 1.165) is 16.0 Å². The van der Waals surface area contributed by atoms with E-state index in [4.69, 9.17) is 11.6 Å². The highest BCUT2D eigenvalue weighted by atomic mass is 79.9. The summed E-state index contributed by atoms with van der Waals surface area (Å²) >= 11 is 12.0. The number of aromatic nitrogens is 2. The smallest absolute Gasteiger partial charge is 0.203 e. The summed E-state index contributed by atoms with van der Waals surface area (Å²) in [4.78, 5) is 5.28. The van der Waals surface area contributed by atoms with Crippen LogP contribution < -0.4 is 0 Å². The van der Waals surface area contributed by atoms with Gasteiger partial charge in [0.2, 0.25) is 4.47 Å². The first-order valence-electron chi connectivity index (χ1n) is 4.10. The second-order valence-electron chi connectivity index (χ2n) is 2.71. The molecule has 0 radical (unpaired) electrons. The maximum Gasteiger partial charge on any atom is 0.203 e. The Morgan fingerprint density at radius 3 is 2.67 bits per heavy atom. The van der Waals surface area contributed by atoms with E-state index in [1.54, 1.807) is 11.8 Å². The lowest BCUT2D eigenvalue weighted by Crippen LogP contribution is -1.82. The third kappa shape index (κ3) is 3.45. The van der Waals surface area contributed by atoms with Crippen molar-refractivity contribution in [3.8, 4) is 0 Å². The Morgan fingerprint density at radius 1 is 1.33 bits per heavy atom. The molecule has 0 saturated carbocycles. The molecule has 6 heteroatoms. The predicted molar refractivity (Wildman–Crippen MR) is 68.6 cm³/mol. The van der Waals surface area contributed by atoms with Crippen molar-refractivity contribution in [3.63, 3.8) is 0 Å². The molecular weight excluding hydrogens is 316 g/mol. The van der Waals surface area contributed by atoms with Crippen molar-refractivity contribution in [2.24, 2.45) is 0 Å². The molecule has 0 N–H and O–H groups in total. The van der Waals surface area contributed by atoms with E-state index in [-0.39, 0.29) is 0 Å². The zero-order chi connectivity index (χ0) is 10.7. The van der Waals surface area contributed by atoms with Crippen LogP contribution in [0.5, 0.6) is 0 Å². The maximum absolute atomic E-state index is 5.69. The van der Waals surface area contributed by atoms with Gasteiger partial charge in [-0.05, 0) is 47.4 Å². The molecule has 0 unspecified atom stereocenters. The Balaban J connectivity index is 1.96. The van der Waals surface area contributed by atoms with Crippen molar-refractivity contribution >= 4 is 50.8 Å². The van der Waals surface area contributed by atoms with Gasteiger partial charge in [-0.25, -0.2) is 4.98 Å². The summed E-state index contributed by atoms with van der Waals surface area (Å²) in [6, 6.07) is 8.15. The van der Waals surface area contributed by atoms with Crippen LogP contribution in [0, 0.1) is 0 Å². The molecule has 1 aromatic carbocycles. The SMILES string of the molecule is Clc1nc(CSc2ccc(Br)cc2)ns1. The molecule has 1 heterocycles. The molecule has 0 saturated heterocycles. The second-order valence-corrected chi connectivity index (χ2v) is 6.00. The van der Waals surface area contributed by atoms with Crippen molar-refractivity contribution in [1.29, 1.82) is 0 Å². The molecule has 0 fully saturated rings. The first-order chi connectivity index (χ1) is 7.24. The minimum Gasteiger partial charge on any atom is -0.207 e. The van der Waals surface area contributed by atoms with Crippen LogP contribution in [0.25, 0.3) is 0 Å². The monoisotopic (exact) mass is 320 g/mol. The highest BCUT2D eigenvalue weighted by Crippen LogP contribution is 2.24. The van der Waals surface area contributed by atoms with Gasteiger partial charge in [0.1, 0.15) is 0 Å². The Bertz CT molecular complexity index is 444. The van der Waals surface area contributed by atoms with Gasteiger partial charge in [0.05, 0.1) is 5.75 Å². The number of rotatable bonds is 3. The molecule has 1 aromatic heterocycles. The average molecular weight is 322 g/mol. The van der Waals surface area contributed by atoms with Crippen molar-refractivity contribution in [2.75, 3.05) is 0 Å². The molecule has 0 aliphatic rings. The van der Waals surface area contributed by atoms with E-state index in [9.17, 15) is 0 Å². The summed E-state index contributed by atoms with van der Waals surface area (Å²) in [5, 5.41) is 0. The Kier molecular flexibility index (Phi) is 4.02. The zero-order valence-electron chi connectivity index (χ0n) is 7.48.